The minimum absolute atomic E-state index is 0.00267. The van der Waals surface area contributed by atoms with Crippen LogP contribution in [-0.2, 0) is 6.54 Å². The molecule has 38 heavy (non-hydrogen) atoms. The van der Waals surface area contributed by atoms with Gasteiger partial charge in [0, 0.05) is 37.9 Å². The lowest BCUT2D eigenvalue weighted by atomic mass is 10.1. The SMILES string of the molecule is COc1ncc(-c2cc(CN(C)C)c3c(N)ncnn23)cc1C(=O)N[C@@H]1CN(CC(O)C(F)(F)F)C[C@@H]1F. The molecule has 0 aromatic carbocycles. The maximum atomic E-state index is 14.6. The highest BCUT2D eigenvalue weighted by Gasteiger charge is 2.42. The molecule has 4 N–H and O–H groups in total. The topological polar surface area (TPSA) is 134 Å². The van der Waals surface area contributed by atoms with Crippen LogP contribution in [0.5, 0.6) is 5.88 Å². The first-order valence-electron chi connectivity index (χ1n) is 11.6. The van der Waals surface area contributed by atoms with E-state index in [4.69, 9.17) is 10.5 Å². The number of alkyl halides is 4. The minimum Gasteiger partial charge on any atom is -0.480 e. The third-order valence-electron chi connectivity index (χ3n) is 6.18. The van der Waals surface area contributed by atoms with Crippen molar-refractivity contribution in [2.24, 2.45) is 0 Å². The zero-order valence-corrected chi connectivity index (χ0v) is 20.9. The van der Waals surface area contributed by atoms with Gasteiger partial charge in [-0.25, -0.2) is 18.9 Å². The molecular weight excluding hydrogens is 512 g/mol. The summed E-state index contributed by atoms with van der Waals surface area (Å²) >= 11 is 0. The number of aliphatic hydroxyl groups is 1. The number of aliphatic hydroxyl groups excluding tert-OH is 1. The van der Waals surface area contributed by atoms with Crippen LogP contribution in [0.3, 0.4) is 0 Å². The van der Waals surface area contributed by atoms with E-state index in [1.165, 1.54) is 25.7 Å². The Morgan fingerprint density at radius 1 is 1.32 bits per heavy atom. The quantitative estimate of drug-likeness (QED) is 0.360. The first-order chi connectivity index (χ1) is 17.9. The molecule has 1 amide bonds. The lowest BCUT2D eigenvalue weighted by molar-refractivity contribution is -0.207. The molecule has 0 bridgehead atoms. The van der Waals surface area contributed by atoms with Crippen molar-refractivity contribution in [1.29, 1.82) is 0 Å². The number of rotatable bonds is 8. The number of nitrogens with one attached hydrogen (secondary N) is 1. The van der Waals surface area contributed by atoms with Crippen molar-refractivity contribution >= 4 is 17.2 Å². The number of hydrogen-bond acceptors (Lipinski definition) is 9. The molecule has 206 valence electrons. The number of anilines is 1. The maximum absolute atomic E-state index is 14.6. The number of likely N-dealkylation sites (tertiary alicyclic amines) is 1. The van der Waals surface area contributed by atoms with Gasteiger partial charge >= 0.3 is 6.18 Å². The highest BCUT2D eigenvalue weighted by Crippen LogP contribution is 2.31. The number of pyridine rings is 1. The number of nitrogens with two attached hydrogens (primary N) is 1. The molecule has 3 aromatic heterocycles. The summed E-state index contributed by atoms with van der Waals surface area (Å²) in [7, 11) is 5.11. The number of hydrogen-bond donors (Lipinski definition) is 3. The molecule has 1 aliphatic rings. The summed E-state index contributed by atoms with van der Waals surface area (Å²) in [5, 5.41) is 16.1. The van der Waals surface area contributed by atoms with Crippen molar-refractivity contribution in [1.82, 2.24) is 34.7 Å². The molecule has 15 heteroatoms. The van der Waals surface area contributed by atoms with Crippen LogP contribution in [0.25, 0.3) is 16.8 Å². The second-order valence-corrected chi connectivity index (χ2v) is 9.35. The van der Waals surface area contributed by atoms with Crippen molar-refractivity contribution in [2.75, 3.05) is 46.6 Å². The summed E-state index contributed by atoms with van der Waals surface area (Å²) < 4.78 is 59.5. The van der Waals surface area contributed by atoms with Gasteiger partial charge in [-0.15, -0.1) is 0 Å². The van der Waals surface area contributed by atoms with Gasteiger partial charge in [0.2, 0.25) is 5.88 Å². The number of fused-ring (bicyclic) bond motifs is 1. The monoisotopic (exact) mass is 540 g/mol. The number of amides is 1. The average Bonchev–Trinajstić information content (AvgIpc) is 3.38. The number of nitrogen functional groups attached to an aromatic ring is 1. The van der Waals surface area contributed by atoms with Crippen LogP contribution in [0.1, 0.15) is 15.9 Å². The molecule has 1 aliphatic heterocycles. The van der Waals surface area contributed by atoms with Crippen LogP contribution in [0.15, 0.2) is 24.7 Å². The van der Waals surface area contributed by atoms with E-state index in [0.29, 0.717) is 23.3 Å². The number of β-amino-alcohol motifs (C(OH)–C–C–N with tert-alkyl or cyclic N) is 1. The van der Waals surface area contributed by atoms with Crippen LogP contribution in [0, 0.1) is 0 Å². The summed E-state index contributed by atoms with van der Waals surface area (Å²) in [5.74, 6) is -0.462. The molecule has 0 aliphatic carbocycles. The van der Waals surface area contributed by atoms with Gasteiger partial charge < -0.3 is 25.8 Å². The lowest BCUT2D eigenvalue weighted by Crippen LogP contribution is -2.43. The third kappa shape index (κ3) is 5.63. The number of methoxy groups -OCH3 is 1. The number of halogens is 4. The summed E-state index contributed by atoms with van der Waals surface area (Å²) in [6, 6.07) is 2.27. The third-order valence-corrected chi connectivity index (χ3v) is 6.18. The Kier molecular flexibility index (Phi) is 7.71. The van der Waals surface area contributed by atoms with Crippen molar-refractivity contribution in [3.8, 4) is 17.1 Å². The molecule has 0 spiro atoms. The van der Waals surface area contributed by atoms with Gasteiger partial charge in [0.25, 0.3) is 5.91 Å². The second kappa shape index (κ2) is 10.7. The molecule has 4 heterocycles. The Morgan fingerprint density at radius 3 is 2.71 bits per heavy atom. The summed E-state index contributed by atoms with van der Waals surface area (Å²) in [6.07, 6.45) is -6.28. The highest BCUT2D eigenvalue weighted by molar-refractivity contribution is 5.98. The lowest BCUT2D eigenvalue weighted by Gasteiger charge is -2.21. The first kappa shape index (κ1) is 27.5. The average molecular weight is 541 g/mol. The molecule has 11 nitrogen and oxygen atoms in total. The van der Waals surface area contributed by atoms with E-state index in [9.17, 15) is 27.5 Å². The van der Waals surface area contributed by atoms with E-state index in [1.54, 1.807) is 4.52 Å². The van der Waals surface area contributed by atoms with E-state index >= 15 is 0 Å². The highest BCUT2D eigenvalue weighted by atomic mass is 19.4. The molecule has 4 rings (SSSR count). The fourth-order valence-electron chi connectivity index (χ4n) is 4.45. The van der Waals surface area contributed by atoms with Crippen LogP contribution < -0.4 is 15.8 Å². The number of nitrogens with zero attached hydrogens (tertiary/aromatic N) is 6. The zero-order valence-electron chi connectivity index (χ0n) is 20.9. The van der Waals surface area contributed by atoms with E-state index in [-0.39, 0.29) is 30.4 Å². The largest absolute Gasteiger partial charge is 0.480 e. The van der Waals surface area contributed by atoms with Gasteiger partial charge in [0.15, 0.2) is 11.9 Å². The van der Waals surface area contributed by atoms with Crippen LogP contribution >= 0.6 is 0 Å². The standard InChI is InChI=1S/C23H28F4N8O3/c1-33(2)7-13-5-17(35-19(13)20(28)30-11-31-35)12-4-14(22(38-3)29-6-12)21(37)32-16-9-34(8-15(16)24)10-18(36)23(25,26)27/h4-6,11,15-16,18,36H,7-10H2,1-3H3,(H,32,37)(H2,28,30,31)/t15-,16+,18?/m0/s1. The fraction of sp³-hybridized carbons (Fsp3) is 0.478. The molecule has 1 fully saturated rings. The number of ether oxygens (including phenoxy) is 1. The fourth-order valence-corrected chi connectivity index (χ4v) is 4.45. The normalized spacial score (nSPS) is 19.3. The Bertz CT molecular complexity index is 1320. The molecule has 3 aromatic rings. The molecule has 1 saturated heterocycles. The summed E-state index contributed by atoms with van der Waals surface area (Å²) in [5.41, 5.74) is 8.62. The van der Waals surface area contributed by atoms with Gasteiger partial charge in [-0.05, 0) is 31.8 Å². The van der Waals surface area contributed by atoms with Crippen LogP contribution in [0.2, 0.25) is 0 Å². The molecule has 3 atom stereocenters. The minimum atomic E-state index is -4.82. The second-order valence-electron chi connectivity index (χ2n) is 9.35. The Morgan fingerprint density at radius 2 is 2.05 bits per heavy atom. The van der Waals surface area contributed by atoms with Crippen molar-refractivity contribution in [3.63, 3.8) is 0 Å². The van der Waals surface area contributed by atoms with Gasteiger partial charge in [0.05, 0.1) is 18.8 Å². The van der Waals surface area contributed by atoms with Crippen molar-refractivity contribution in [3.05, 3.63) is 35.8 Å². The number of carbonyl (C=O) groups excluding carboxylic acids is 1. The van der Waals surface area contributed by atoms with Crippen molar-refractivity contribution < 1.29 is 32.2 Å². The molecule has 1 unspecified atom stereocenters. The van der Waals surface area contributed by atoms with Crippen LogP contribution in [0.4, 0.5) is 23.4 Å². The van der Waals surface area contributed by atoms with Gasteiger partial charge in [-0.3, -0.25) is 9.69 Å². The maximum Gasteiger partial charge on any atom is 0.415 e. The summed E-state index contributed by atoms with van der Waals surface area (Å²) in [4.78, 5) is 24.5. The predicted molar refractivity (Wildman–Crippen MR) is 129 cm³/mol. The van der Waals surface area contributed by atoms with Crippen LogP contribution in [-0.4, -0.2) is 106 Å². The van der Waals surface area contributed by atoms with Crippen molar-refractivity contribution in [2.45, 2.75) is 31.0 Å². The van der Waals surface area contributed by atoms with E-state index in [1.807, 2.05) is 25.1 Å². The Labute approximate surface area is 215 Å². The Balaban J connectivity index is 1.61. The predicted octanol–water partition coefficient (Wildman–Crippen LogP) is 1.12. The summed E-state index contributed by atoms with van der Waals surface area (Å²) in [6.45, 7) is -0.822. The molecule has 0 saturated carbocycles. The number of aromatic nitrogens is 4. The van der Waals surface area contributed by atoms with Gasteiger partial charge in [0.1, 0.15) is 23.6 Å². The van der Waals surface area contributed by atoms with E-state index in [2.05, 4.69) is 20.4 Å². The van der Waals surface area contributed by atoms with E-state index in [0.717, 1.165) is 10.5 Å². The first-order valence-corrected chi connectivity index (χ1v) is 11.6. The van der Waals surface area contributed by atoms with E-state index < -0.39 is 36.9 Å². The number of carbonyl (C=O) groups is 1. The molecular formula is C23H28F4N8O3. The smallest absolute Gasteiger partial charge is 0.415 e. The van der Waals surface area contributed by atoms with Gasteiger partial charge in [-0.1, -0.05) is 0 Å². The van der Waals surface area contributed by atoms with Gasteiger partial charge in [-0.2, -0.15) is 18.3 Å². The molecule has 0 radical (unpaired) electrons. The zero-order chi connectivity index (χ0) is 27.8. The Hall–Kier alpha value is -3.56.